The van der Waals surface area contributed by atoms with E-state index in [2.05, 4.69) is 32.4 Å². The van der Waals surface area contributed by atoms with Crippen LogP contribution in [0.1, 0.15) is 49.8 Å². The molecule has 178 valence electrons. The number of hydrogen-bond acceptors (Lipinski definition) is 6. The molecular weight excluding hydrogens is 445 g/mol. The van der Waals surface area contributed by atoms with Crippen LogP contribution in [0.3, 0.4) is 0 Å². The molecule has 1 aliphatic carbocycles. The van der Waals surface area contributed by atoms with Gasteiger partial charge in [-0.25, -0.2) is 15.0 Å². The topological polar surface area (TPSA) is 77.0 Å². The van der Waals surface area contributed by atoms with Crippen molar-refractivity contribution in [3.8, 4) is 11.1 Å². The second kappa shape index (κ2) is 10.2. The van der Waals surface area contributed by atoms with E-state index in [9.17, 15) is 18.0 Å². The number of halogens is 3. The Labute approximate surface area is 195 Å². The third-order valence-electron chi connectivity index (χ3n) is 6.05. The summed E-state index contributed by atoms with van der Waals surface area (Å²) < 4.78 is 43.0. The molecule has 1 N–H and O–H groups in total. The maximum Gasteiger partial charge on any atom is 0.433 e. The summed E-state index contributed by atoms with van der Waals surface area (Å²) in [5, 5.41) is 2.85. The maximum atomic E-state index is 12.6. The van der Waals surface area contributed by atoms with Crippen LogP contribution in [-0.4, -0.2) is 27.5 Å². The zero-order valence-corrected chi connectivity index (χ0v) is 18.7. The monoisotopic (exact) mass is 470 g/mol. The molecule has 1 saturated carbocycles. The Bertz CT molecular complexity index is 1090. The number of pyridine rings is 1. The predicted molar refractivity (Wildman–Crippen MR) is 121 cm³/mol. The van der Waals surface area contributed by atoms with E-state index in [-0.39, 0.29) is 11.9 Å². The zero-order chi connectivity index (χ0) is 24.1. The number of esters is 1. The lowest BCUT2D eigenvalue weighted by Gasteiger charge is -2.28. The highest BCUT2D eigenvalue weighted by Crippen LogP contribution is 2.36. The van der Waals surface area contributed by atoms with E-state index >= 15 is 0 Å². The van der Waals surface area contributed by atoms with Crippen molar-refractivity contribution in [2.75, 3.05) is 11.9 Å². The highest BCUT2D eigenvalue weighted by Gasteiger charge is 2.32. The van der Waals surface area contributed by atoms with Gasteiger partial charge in [-0.3, -0.25) is 4.79 Å². The van der Waals surface area contributed by atoms with Crippen LogP contribution in [0.4, 0.5) is 24.8 Å². The molecule has 1 aliphatic rings. The Morgan fingerprint density at radius 2 is 1.62 bits per heavy atom. The number of nitrogens with one attached hydrogen (secondary N) is 1. The zero-order valence-electron chi connectivity index (χ0n) is 18.7. The lowest BCUT2D eigenvalue weighted by molar-refractivity contribution is -0.143. The minimum Gasteiger partial charge on any atom is -0.466 e. The standard InChI is InChI=1S/C25H25F3N4O2/c1-16(33)34-15-17-2-4-18(5-3-17)19-6-8-20(9-7-19)21-12-30-24(31-13-21)32-22-10-11-23(29-14-22)25(26,27)28/h6-14,17-18H,2-5,15H2,1H3,(H,30,31,32). The van der Waals surface area contributed by atoms with Gasteiger partial charge in [0.2, 0.25) is 5.95 Å². The molecule has 1 aromatic carbocycles. The number of alkyl halides is 3. The van der Waals surface area contributed by atoms with Crippen molar-refractivity contribution < 1.29 is 22.7 Å². The van der Waals surface area contributed by atoms with Crippen LogP contribution >= 0.6 is 0 Å². The fourth-order valence-corrected chi connectivity index (χ4v) is 4.15. The number of carbonyl (C=O) groups is 1. The van der Waals surface area contributed by atoms with Crippen molar-refractivity contribution in [2.45, 2.75) is 44.7 Å². The fraction of sp³-hybridized carbons (Fsp3) is 0.360. The van der Waals surface area contributed by atoms with Crippen molar-refractivity contribution in [1.82, 2.24) is 15.0 Å². The normalized spacial score (nSPS) is 18.4. The molecule has 34 heavy (non-hydrogen) atoms. The third kappa shape index (κ3) is 6.09. The number of benzene rings is 1. The summed E-state index contributed by atoms with van der Waals surface area (Å²) in [7, 11) is 0. The van der Waals surface area contributed by atoms with Crippen LogP contribution in [0.25, 0.3) is 11.1 Å². The number of hydrogen-bond donors (Lipinski definition) is 1. The third-order valence-corrected chi connectivity index (χ3v) is 6.05. The molecule has 0 unspecified atom stereocenters. The maximum absolute atomic E-state index is 12.6. The molecule has 0 aliphatic heterocycles. The molecule has 3 aromatic rings. The van der Waals surface area contributed by atoms with Gasteiger partial charge in [-0.05, 0) is 60.8 Å². The number of aromatic nitrogens is 3. The van der Waals surface area contributed by atoms with Gasteiger partial charge in [-0.15, -0.1) is 0 Å². The molecule has 2 aromatic heterocycles. The summed E-state index contributed by atoms with van der Waals surface area (Å²) in [6, 6.07) is 10.6. The van der Waals surface area contributed by atoms with Gasteiger partial charge in [0, 0.05) is 24.9 Å². The van der Waals surface area contributed by atoms with Gasteiger partial charge in [0.1, 0.15) is 5.69 Å². The van der Waals surface area contributed by atoms with Crippen LogP contribution in [0, 0.1) is 5.92 Å². The number of rotatable bonds is 6. The Morgan fingerprint density at radius 1 is 0.941 bits per heavy atom. The minimum absolute atomic E-state index is 0.220. The number of anilines is 2. The highest BCUT2D eigenvalue weighted by molar-refractivity contribution is 5.66. The van der Waals surface area contributed by atoms with E-state index in [4.69, 9.17) is 4.74 Å². The molecule has 2 heterocycles. The Balaban J connectivity index is 1.33. The Morgan fingerprint density at radius 3 is 2.18 bits per heavy atom. The highest BCUT2D eigenvalue weighted by atomic mass is 19.4. The quantitative estimate of drug-likeness (QED) is 0.436. The Hall–Kier alpha value is -3.49. The summed E-state index contributed by atoms with van der Waals surface area (Å²) in [5.41, 5.74) is 2.53. The number of carbonyl (C=O) groups excluding carboxylic acids is 1. The molecule has 0 radical (unpaired) electrons. The van der Waals surface area contributed by atoms with E-state index in [0.29, 0.717) is 24.1 Å². The first-order valence-electron chi connectivity index (χ1n) is 11.1. The number of ether oxygens (including phenoxy) is 1. The van der Waals surface area contributed by atoms with Crippen molar-refractivity contribution >= 4 is 17.6 Å². The predicted octanol–water partition coefficient (Wildman–Crippen LogP) is 6.14. The molecule has 1 fully saturated rings. The van der Waals surface area contributed by atoms with Crippen molar-refractivity contribution in [3.05, 3.63) is 66.2 Å². The van der Waals surface area contributed by atoms with Crippen molar-refractivity contribution in [3.63, 3.8) is 0 Å². The SMILES string of the molecule is CC(=O)OCC1CCC(c2ccc(-c3cnc(Nc4ccc(C(F)(F)F)nc4)nc3)cc2)CC1. The first-order chi connectivity index (χ1) is 16.3. The lowest BCUT2D eigenvalue weighted by atomic mass is 9.79. The molecule has 0 atom stereocenters. The minimum atomic E-state index is -4.48. The van der Waals surface area contributed by atoms with E-state index in [1.54, 1.807) is 12.4 Å². The first kappa shape index (κ1) is 23.7. The second-order valence-corrected chi connectivity index (χ2v) is 8.49. The molecule has 4 rings (SSSR count). The summed E-state index contributed by atoms with van der Waals surface area (Å²) in [6.07, 6.45) is 4.22. The molecule has 0 amide bonds. The molecule has 0 spiro atoms. The van der Waals surface area contributed by atoms with Gasteiger partial charge < -0.3 is 10.1 Å². The smallest absolute Gasteiger partial charge is 0.433 e. The van der Waals surface area contributed by atoms with E-state index in [1.165, 1.54) is 18.6 Å². The summed E-state index contributed by atoms with van der Waals surface area (Å²) in [6.45, 7) is 1.96. The fourth-order valence-electron chi connectivity index (χ4n) is 4.15. The molecular formula is C25H25F3N4O2. The summed E-state index contributed by atoms with van der Waals surface area (Å²) >= 11 is 0. The van der Waals surface area contributed by atoms with Gasteiger partial charge in [-0.2, -0.15) is 13.2 Å². The van der Waals surface area contributed by atoms with Crippen LogP contribution in [0.2, 0.25) is 0 Å². The van der Waals surface area contributed by atoms with Crippen LogP contribution < -0.4 is 5.32 Å². The van der Waals surface area contributed by atoms with Gasteiger partial charge in [0.15, 0.2) is 0 Å². The van der Waals surface area contributed by atoms with E-state index in [0.717, 1.165) is 49.1 Å². The summed E-state index contributed by atoms with van der Waals surface area (Å²) in [5.74, 6) is 0.999. The van der Waals surface area contributed by atoms with E-state index < -0.39 is 11.9 Å². The molecule has 6 nitrogen and oxygen atoms in total. The largest absolute Gasteiger partial charge is 0.466 e. The first-order valence-corrected chi connectivity index (χ1v) is 11.1. The van der Waals surface area contributed by atoms with E-state index in [1.807, 2.05) is 12.1 Å². The summed E-state index contributed by atoms with van der Waals surface area (Å²) in [4.78, 5) is 22.9. The molecule has 9 heteroatoms. The van der Waals surface area contributed by atoms with Gasteiger partial charge in [-0.1, -0.05) is 24.3 Å². The van der Waals surface area contributed by atoms with Crippen LogP contribution in [0.5, 0.6) is 0 Å². The molecule has 0 saturated heterocycles. The van der Waals surface area contributed by atoms with Gasteiger partial charge >= 0.3 is 12.1 Å². The average molecular weight is 470 g/mol. The van der Waals surface area contributed by atoms with Crippen LogP contribution in [0.15, 0.2) is 55.0 Å². The van der Waals surface area contributed by atoms with Crippen LogP contribution in [-0.2, 0) is 15.7 Å². The number of nitrogens with zero attached hydrogens (tertiary/aromatic N) is 3. The Kier molecular flexibility index (Phi) is 7.09. The lowest BCUT2D eigenvalue weighted by Crippen LogP contribution is -2.19. The van der Waals surface area contributed by atoms with Gasteiger partial charge in [0.05, 0.1) is 18.5 Å². The molecule has 0 bridgehead atoms. The van der Waals surface area contributed by atoms with Gasteiger partial charge in [0.25, 0.3) is 0 Å². The second-order valence-electron chi connectivity index (χ2n) is 8.49. The van der Waals surface area contributed by atoms with Crippen molar-refractivity contribution in [1.29, 1.82) is 0 Å². The average Bonchev–Trinajstić information content (AvgIpc) is 2.83. The van der Waals surface area contributed by atoms with Crippen molar-refractivity contribution in [2.24, 2.45) is 5.92 Å².